The number of furan rings is 1. The Hall–Kier alpha value is -2.68. The minimum absolute atomic E-state index is 0.584. The normalized spacial score (nSPS) is 11.2. The number of para-hydroxylation sites is 2. The highest BCUT2D eigenvalue weighted by Gasteiger charge is 2.09. The molecule has 0 saturated heterocycles. The third kappa shape index (κ3) is 1.75. The van der Waals surface area contributed by atoms with E-state index >= 15 is 0 Å². The number of fused-ring (bicyclic) bond motifs is 2. The third-order valence-corrected chi connectivity index (χ3v) is 3.34. The first kappa shape index (κ1) is 11.2. The summed E-state index contributed by atoms with van der Waals surface area (Å²) in [7, 11) is 0. The smallest absolute Gasteiger partial charge is 0.246 e. The number of hydrogen-bond acceptors (Lipinski definition) is 3. The van der Waals surface area contributed by atoms with Crippen LogP contribution in [0.5, 0.6) is 0 Å². The molecule has 0 aliphatic heterocycles. The molecule has 0 spiro atoms. The topological polar surface area (TPSA) is 38.9 Å². The van der Waals surface area contributed by atoms with Gasteiger partial charge in [-0.05, 0) is 25.1 Å². The fraction of sp³-hybridized carbons (Fsp3) is 0.0588. The maximum absolute atomic E-state index is 5.84. The molecular formula is C17H12N2O. The van der Waals surface area contributed by atoms with Crippen molar-refractivity contribution in [3.05, 3.63) is 60.2 Å². The van der Waals surface area contributed by atoms with Crippen LogP contribution >= 0.6 is 0 Å². The molecule has 0 amide bonds. The fourth-order valence-electron chi connectivity index (χ4n) is 2.37. The Kier molecular flexibility index (Phi) is 2.33. The van der Waals surface area contributed by atoms with E-state index in [4.69, 9.17) is 4.42 Å². The highest BCUT2D eigenvalue weighted by Crippen LogP contribution is 2.27. The van der Waals surface area contributed by atoms with Gasteiger partial charge >= 0.3 is 0 Å². The van der Waals surface area contributed by atoms with Gasteiger partial charge in [-0.15, -0.1) is 0 Å². The molecule has 0 radical (unpaired) electrons. The second-order valence-corrected chi connectivity index (χ2v) is 4.88. The molecule has 0 bridgehead atoms. The summed E-state index contributed by atoms with van der Waals surface area (Å²) in [5.41, 5.74) is 5.37. The Morgan fingerprint density at radius 3 is 2.40 bits per heavy atom. The number of nitrogens with zero attached hydrogens (tertiary/aromatic N) is 2. The van der Waals surface area contributed by atoms with E-state index in [1.165, 1.54) is 5.56 Å². The fourth-order valence-corrected chi connectivity index (χ4v) is 2.37. The van der Waals surface area contributed by atoms with Gasteiger partial charge in [0.1, 0.15) is 11.3 Å². The maximum atomic E-state index is 5.84. The quantitative estimate of drug-likeness (QED) is 0.510. The van der Waals surface area contributed by atoms with Gasteiger partial charge in [0.25, 0.3) is 0 Å². The van der Waals surface area contributed by atoms with Crippen molar-refractivity contribution in [2.24, 2.45) is 0 Å². The Morgan fingerprint density at radius 2 is 1.60 bits per heavy atom. The van der Waals surface area contributed by atoms with Gasteiger partial charge in [0, 0.05) is 11.6 Å². The van der Waals surface area contributed by atoms with Crippen molar-refractivity contribution in [2.75, 3.05) is 0 Å². The van der Waals surface area contributed by atoms with Gasteiger partial charge in [-0.3, -0.25) is 0 Å². The van der Waals surface area contributed by atoms with Gasteiger partial charge in [-0.2, -0.15) is 0 Å². The second kappa shape index (κ2) is 4.17. The molecule has 3 heteroatoms. The van der Waals surface area contributed by atoms with Crippen LogP contribution in [0.1, 0.15) is 5.56 Å². The van der Waals surface area contributed by atoms with Crippen LogP contribution in [-0.2, 0) is 0 Å². The summed E-state index contributed by atoms with van der Waals surface area (Å²) in [5, 5.41) is 0. The molecule has 2 heterocycles. The first-order valence-corrected chi connectivity index (χ1v) is 6.53. The van der Waals surface area contributed by atoms with Crippen LogP contribution in [0.25, 0.3) is 33.6 Å². The monoisotopic (exact) mass is 260 g/mol. The van der Waals surface area contributed by atoms with Crippen LogP contribution in [0.4, 0.5) is 0 Å². The molecule has 0 N–H and O–H groups in total. The van der Waals surface area contributed by atoms with Crippen molar-refractivity contribution in [1.82, 2.24) is 9.97 Å². The number of aromatic nitrogens is 2. The van der Waals surface area contributed by atoms with Crippen molar-refractivity contribution >= 4 is 22.3 Å². The predicted molar refractivity (Wildman–Crippen MR) is 79.5 cm³/mol. The third-order valence-electron chi connectivity index (χ3n) is 3.34. The minimum atomic E-state index is 0.584. The number of hydrogen-bond donors (Lipinski definition) is 0. The van der Waals surface area contributed by atoms with E-state index in [9.17, 15) is 0 Å². The number of benzene rings is 2. The maximum Gasteiger partial charge on any atom is 0.246 e. The zero-order valence-corrected chi connectivity index (χ0v) is 11.0. The molecule has 0 fully saturated rings. The lowest BCUT2D eigenvalue weighted by atomic mass is 10.1. The number of aryl methyl sites for hydroxylation is 1. The van der Waals surface area contributed by atoms with E-state index in [0.717, 1.165) is 27.9 Å². The van der Waals surface area contributed by atoms with Crippen molar-refractivity contribution in [3.63, 3.8) is 0 Å². The average Bonchev–Trinajstić information content (AvgIpc) is 2.87. The molecule has 0 unspecified atom stereocenters. The highest BCUT2D eigenvalue weighted by molar-refractivity contribution is 5.85. The SMILES string of the molecule is Cc1cccc(-c2cc3nc4ccccc4nc3o2)c1. The van der Waals surface area contributed by atoms with Crippen LogP contribution in [-0.4, -0.2) is 9.97 Å². The van der Waals surface area contributed by atoms with Crippen LogP contribution in [0, 0.1) is 6.92 Å². The van der Waals surface area contributed by atoms with Crippen molar-refractivity contribution in [1.29, 1.82) is 0 Å². The standard InChI is InChI=1S/C17H12N2O/c1-11-5-4-6-12(9-11)16-10-15-17(20-16)19-14-8-3-2-7-13(14)18-15/h2-10H,1H3. The molecular weight excluding hydrogens is 248 g/mol. The molecule has 0 atom stereocenters. The predicted octanol–water partition coefficient (Wildman–Crippen LogP) is 4.35. The molecule has 4 aromatic rings. The summed E-state index contributed by atoms with van der Waals surface area (Å²) < 4.78 is 5.84. The lowest BCUT2D eigenvalue weighted by Crippen LogP contribution is -1.82. The van der Waals surface area contributed by atoms with E-state index in [0.29, 0.717) is 5.71 Å². The summed E-state index contributed by atoms with van der Waals surface area (Å²) in [4.78, 5) is 9.11. The molecule has 2 aromatic heterocycles. The van der Waals surface area contributed by atoms with Gasteiger partial charge in [0.05, 0.1) is 11.0 Å². The van der Waals surface area contributed by atoms with Gasteiger partial charge < -0.3 is 4.42 Å². The molecule has 4 rings (SSSR count). The van der Waals surface area contributed by atoms with Crippen molar-refractivity contribution in [3.8, 4) is 11.3 Å². The lowest BCUT2D eigenvalue weighted by molar-refractivity contribution is 0.619. The van der Waals surface area contributed by atoms with Crippen LogP contribution in [0.3, 0.4) is 0 Å². The van der Waals surface area contributed by atoms with E-state index < -0.39 is 0 Å². The molecule has 96 valence electrons. The minimum Gasteiger partial charge on any atom is -0.436 e. The Balaban J connectivity index is 1.96. The van der Waals surface area contributed by atoms with Gasteiger partial charge in [0.15, 0.2) is 0 Å². The summed E-state index contributed by atoms with van der Waals surface area (Å²) in [6.07, 6.45) is 0. The van der Waals surface area contributed by atoms with Crippen molar-refractivity contribution in [2.45, 2.75) is 6.92 Å². The first-order valence-electron chi connectivity index (χ1n) is 6.53. The van der Waals surface area contributed by atoms with E-state index in [1.54, 1.807) is 0 Å². The molecule has 2 aromatic carbocycles. The summed E-state index contributed by atoms with van der Waals surface area (Å²) >= 11 is 0. The molecule has 0 aliphatic carbocycles. The van der Waals surface area contributed by atoms with E-state index in [2.05, 4.69) is 29.0 Å². The highest BCUT2D eigenvalue weighted by atomic mass is 16.3. The first-order chi connectivity index (χ1) is 9.79. The summed E-state index contributed by atoms with van der Waals surface area (Å²) in [6, 6.07) is 18.0. The zero-order valence-electron chi connectivity index (χ0n) is 11.0. The Morgan fingerprint density at radius 1 is 0.800 bits per heavy atom. The molecule has 0 saturated carbocycles. The van der Waals surface area contributed by atoms with E-state index in [-0.39, 0.29) is 0 Å². The van der Waals surface area contributed by atoms with Gasteiger partial charge in [-0.1, -0.05) is 35.9 Å². The Bertz CT molecular complexity index is 872. The molecule has 0 aliphatic rings. The summed E-state index contributed by atoms with van der Waals surface area (Å²) in [6.45, 7) is 2.07. The molecule has 20 heavy (non-hydrogen) atoms. The van der Waals surface area contributed by atoms with Gasteiger partial charge in [-0.25, -0.2) is 9.97 Å². The van der Waals surface area contributed by atoms with Crippen LogP contribution in [0.15, 0.2) is 59.0 Å². The van der Waals surface area contributed by atoms with Gasteiger partial charge in [0.2, 0.25) is 5.71 Å². The summed E-state index contributed by atoms with van der Waals surface area (Å²) in [5.74, 6) is 0.805. The van der Waals surface area contributed by atoms with E-state index in [1.807, 2.05) is 42.5 Å². The van der Waals surface area contributed by atoms with Crippen LogP contribution < -0.4 is 0 Å². The number of rotatable bonds is 1. The average molecular weight is 260 g/mol. The largest absolute Gasteiger partial charge is 0.436 e. The van der Waals surface area contributed by atoms with Crippen LogP contribution in [0.2, 0.25) is 0 Å². The second-order valence-electron chi connectivity index (χ2n) is 4.88. The molecule has 3 nitrogen and oxygen atoms in total. The lowest BCUT2D eigenvalue weighted by Gasteiger charge is -1.97. The van der Waals surface area contributed by atoms with Crippen molar-refractivity contribution < 1.29 is 4.42 Å². The zero-order chi connectivity index (χ0) is 13.5. The Labute approximate surface area is 115 Å².